The maximum absolute atomic E-state index is 10.5. The Kier molecular flexibility index (Phi) is 3.06. The Morgan fingerprint density at radius 2 is 2.20 bits per heavy atom. The van der Waals surface area contributed by atoms with Gasteiger partial charge in [-0.05, 0) is 18.6 Å². The summed E-state index contributed by atoms with van der Waals surface area (Å²) >= 11 is 1.59. The van der Waals surface area contributed by atoms with Crippen LogP contribution in [-0.4, -0.2) is 22.1 Å². The van der Waals surface area contributed by atoms with E-state index in [1.807, 2.05) is 0 Å². The lowest BCUT2D eigenvalue weighted by Crippen LogP contribution is -2.15. The molecule has 0 bridgehead atoms. The topological polar surface area (TPSA) is 37.3 Å². The summed E-state index contributed by atoms with van der Waals surface area (Å²) in [6, 6.07) is 0. The molecule has 58 valence electrons. The molecule has 0 aromatic rings. The minimum atomic E-state index is -0.632. The summed E-state index contributed by atoms with van der Waals surface area (Å²) in [5, 5.41) is 8.52. The van der Waals surface area contributed by atoms with Crippen molar-refractivity contribution < 1.29 is 9.90 Å². The summed E-state index contributed by atoms with van der Waals surface area (Å²) in [5.41, 5.74) is 0. The van der Waals surface area contributed by atoms with E-state index in [4.69, 9.17) is 5.11 Å². The maximum Gasteiger partial charge on any atom is 0.316 e. The Morgan fingerprint density at radius 3 is 2.90 bits per heavy atom. The van der Waals surface area contributed by atoms with Gasteiger partial charge in [-0.3, -0.25) is 4.79 Å². The first-order valence-corrected chi connectivity index (χ1v) is 4.70. The highest BCUT2D eigenvalue weighted by Gasteiger charge is 2.18. The molecule has 0 spiro atoms. The van der Waals surface area contributed by atoms with Crippen LogP contribution in [0.5, 0.6) is 0 Å². The van der Waals surface area contributed by atoms with Crippen LogP contribution in [0.25, 0.3) is 0 Å². The Labute approximate surface area is 65.0 Å². The summed E-state index contributed by atoms with van der Waals surface area (Å²) in [4.78, 5) is 10.5. The van der Waals surface area contributed by atoms with E-state index in [0.717, 1.165) is 18.6 Å². The number of carbonyl (C=O) groups is 1. The van der Waals surface area contributed by atoms with Crippen molar-refractivity contribution in [1.29, 1.82) is 0 Å². The minimum Gasteiger partial charge on any atom is -0.480 e. The van der Waals surface area contributed by atoms with Crippen molar-refractivity contribution in [2.45, 2.75) is 30.9 Å². The quantitative estimate of drug-likeness (QED) is 0.635. The monoisotopic (exact) mass is 160 g/mol. The normalized spacial score (nSPS) is 27.4. The fraction of sp³-hybridized carbons (Fsp3) is 0.857. The second-order valence-corrected chi connectivity index (χ2v) is 3.86. The van der Waals surface area contributed by atoms with Gasteiger partial charge in [-0.25, -0.2) is 0 Å². The van der Waals surface area contributed by atoms with Crippen LogP contribution in [-0.2, 0) is 4.79 Å². The van der Waals surface area contributed by atoms with Crippen LogP contribution in [0.15, 0.2) is 0 Å². The van der Waals surface area contributed by atoms with Gasteiger partial charge >= 0.3 is 5.97 Å². The van der Waals surface area contributed by atoms with E-state index in [1.165, 1.54) is 12.8 Å². The lowest BCUT2D eigenvalue weighted by Gasteiger charge is -2.05. The van der Waals surface area contributed by atoms with Gasteiger partial charge in [0, 0.05) is 0 Å². The van der Waals surface area contributed by atoms with Crippen molar-refractivity contribution in [3.05, 3.63) is 0 Å². The van der Waals surface area contributed by atoms with Gasteiger partial charge in [0.15, 0.2) is 0 Å². The molecule has 1 unspecified atom stereocenters. The second-order valence-electron chi connectivity index (χ2n) is 2.55. The molecule has 10 heavy (non-hydrogen) atoms. The molecule has 1 rings (SSSR count). The average molecular weight is 160 g/mol. The van der Waals surface area contributed by atoms with Gasteiger partial charge in [-0.1, -0.05) is 12.8 Å². The highest BCUT2D eigenvalue weighted by atomic mass is 32.2. The third-order valence-electron chi connectivity index (χ3n) is 1.71. The van der Waals surface area contributed by atoms with E-state index in [1.54, 1.807) is 11.8 Å². The van der Waals surface area contributed by atoms with Crippen LogP contribution in [0, 0.1) is 0 Å². The summed E-state index contributed by atoms with van der Waals surface area (Å²) < 4.78 is 0. The standard InChI is InChI=1S/C7H12O2S/c8-7(9)6-4-2-1-3-5-10-6/h6H,1-5H2,(H,8,9). The van der Waals surface area contributed by atoms with Crippen LogP contribution < -0.4 is 0 Å². The third-order valence-corrected chi connectivity index (χ3v) is 3.07. The number of thioether (sulfide) groups is 1. The van der Waals surface area contributed by atoms with Crippen molar-refractivity contribution in [2.24, 2.45) is 0 Å². The van der Waals surface area contributed by atoms with E-state index in [9.17, 15) is 4.79 Å². The van der Waals surface area contributed by atoms with Crippen molar-refractivity contribution in [2.75, 3.05) is 5.75 Å². The molecule has 0 aliphatic carbocycles. The van der Waals surface area contributed by atoms with Crippen molar-refractivity contribution in [3.8, 4) is 0 Å². The summed E-state index contributed by atoms with van der Waals surface area (Å²) in [6.07, 6.45) is 4.34. The van der Waals surface area contributed by atoms with Crippen molar-refractivity contribution in [1.82, 2.24) is 0 Å². The van der Waals surface area contributed by atoms with E-state index >= 15 is 0 Å². The molecule has 1 atom stereocenters. The first kappa shape index (κ1) is 7.92. The van der Waals surface area contributed by atoms with Gasteiger partial charge in [0.05, 0.1) is 0 Å². The fourth-order valence-electron chi connectivity index (χ4n) is 1.11. The lowest BCUT2D eigenvalue weighted by atomic mass is 10.2. The number of hydrogen-bond donors (Lipinski definition) is 1. The molecular weight excluding hydrogens is 148 g/mol. The highest BCUT2D eigenvalue weighted by Crippen LogP contribution is 2.23. The molecule has 1 aliphatic heterocycles. The molecule has 1 aliphatic rings. The molecule has 1 heterocycles. The molecule has 0 amide bonds. The zero-order valence-electron chi connectivity index (χ0n) is 5.88. The zero-order chi connectivity index (χ0) is 7.40. The Balaban J connectivity index is 2.35. The van der Waals surface area contributed by atoms with E-state index in [-0.39, 0.29) is 5.25 Å². The van der Waals surface area contributed by atoms with Crippen LogP contribution >= 0.6 is 11.8 Å². The fourth-order valence-corrected chi connectivity index (χ4v) is 2.24. The molecular formula is C7H12O2S. The molecule has 1 saturated heterocycles. The van der Waals surface area contributed by atoms with Crippen LogP contribution in [0.3, 0.4) is 0 Å². The van der Waals surface area contributed by atoms with Crippen molar-refractivity contribution in [3.63, 3.8) is 0 Å². The number of aliphatic carboxylic acids is 1. The SMILES string of the molecule is O=C(O)C1CCCCCS1. The van der Waals surface area contributed by atoms with Crippen molar-refractivity contribution >= 4 is 17.7 Å². The first-order valence-electron chi connectivity index (χ1n) is 3.65. The van der Waals surface area contributed by atoms with Crippen LogP contribution in [0.4, 0.5) is 0 Å². The molecule has 1 N–H and O–H groups in total. The second kappa shape index (κ2) is 3.86. The predicted octanol–water partition coefficient (Wildman–Crippen LogP) is 1.75. The summed E-state index contributed by atoms with van der Waals surface area (Å²) in [7, 11) is 0. The number of rotatable bonds is 1. The lowest BCUT2D eigenvalue weighted by molar-refractivity contribution is -0.136. The highest BCUT2D eigenvalue weighted by molar-refractivity contribution is 8.00. The molecule has 0 radical (unpaired) electrons. The van der Waals surface area contributed by atoms with Gasteiger partial charge in [-0.2, -0.15) is 0 Å². The molecule has 0 aromatic heterocycles. The molecule has 1 fully saturated rings. The Morgan fingerprint density at radius 1 is 1.40 bits per heavy atom. The molecule has 3 heteroatoms. The van der Waals surface area contributed by atoms with Gasteiger partial charge < -0.3 is 5.11 Å². The average Bonchev–Trinajstić information content (AvgIpc) is 2.12. The van der Waals surface area contributed by atoms with E-state index < -0.39 is 5.97 Å². The third kappa shape index (κ3) is 2.21. The van der Waals surface area contributed by atoms with E-state index in [2.05, 4.69) is 0 Å². The smallest absolute Gasteiger partial charge is 0.316 e. The predicted molar refractivity (Wildman–Crippen MR) is 42.3 cm³/mol. The van der Waals surface area contributed by atoms with Gasteiger partial charge in [-0.15, -0.1) is 11.8 Å². The number of hydrogen-bond acceptors (Lipinski definition) is 2. The largest absolute Gasteiger partial charge is 0.480 e. The number of carboxylic acid groups (broad SMARTS) is 1. The Bertz CT molecular complexity index is 117. The van der Waals surface area contributed by atoms with Gasteiger partial charge in [0.25, 0.3) is 0 Å². The summed E-state index contributed by atoms with van der Waals surface area (Å²) in [6.45, 7) is 0. The maximum atomic E-state index is 10.5. The van der Waals surface area contributed by atoms with Gasteiger partial charge in [0.1, 0.15) is 5.25 Å². The number of carboxylic acids is 1. The Hall–Kier alpha value is -0.180. The first-order chi connectivity index (χ1) is 4.80. The minimum absolute atomic E-state index is 0.123. The van der Waals surface area contributed by atoms with Crippen LogP contribution in [0.1, 0.15) is 25.7 Å². The summed E-state index contributed by atoms with van der Waals surface area (Å²) in [5.74, 6) is 0.392. The van der Waals surface area contributed by atoms with Gasteiger partial charge in [0.2, 0.25) is 0 Å². The molecule has 0 aromatic carbocycles. The van der Waals surface area contributed by atoms with E-state index in [0.29, 0.717) is 0 Å². The van der Waals surface area contributed by atoms with Crippen LogP contribution in [0.2, 0.25) is 0 Å². The zero-order valence-corrected chi connectivity index (χ0v) is 6.69. The molecule has 2 nitrogen and oxygen atoms in total. The molecule has 0 saturated carbocycles.